The highest BCUT2D eigenvalue weighted by molar-refractivity contribution is 9.10. The second kappa shape index (κ2) is 8.02. The molecule has 2 aromatic carbocycles. The van der Waals surface area contributed by atoms with E-state index in [1.54, 1.807) is 36.4 Å². The van der Waals surface area contributed by atoms with Crippen molar-refractivity contribution in [2.45, 2.75) is 25.8 Å². The summed E-state index contributed by atoms with van der Waals surface area (Å²) in [5.41, 5.74) is 1.41. The van der Waals surface area contributed by atoms with Gasteiger partial charge in [0.25, 0.3) is 0 Å². The molecule has 0 aliphatic carbocycles. The number of Topliss-reactive ketones (excluding diaryl/α,β-unsaturated/α-hetero) is 1. The Labute approximate surface area is 143 Å². The lowest BCUT2D eigenvalue weighted by Gasteiger charge is -2.14. The van der Waals surface area contributed by atoms with E-state index in [-0.39, 0.29) is 36.4 Å². The standard InChI is InChI=1S/C18H17BrFNO2/c1-12(13-4-8-16(20)9-5-13)21-18(23)11-10-17(22)14-2-6-15(19)7-3-14/h2-9,12H,10-11H2,1H3,(H,21,23). The number of carbonyl (C=O) groups excluding carboxylic acids is 2. The van der Waals surface area contributed by atoms with Gasteiger partial charge in [-0.05, 0) is 36.8 Å². The van der Waals surface area contributed by atoms with E-state index >= 15 is 0 Å². The zero-order chi connectivity index (χ0) is 16.8. The molecule has 3 nitrogen and oxygen atoms in total. The number of halogens is 2. The summed E-state index contributed by atoms with van der Waals surface area (Å²) in [7, 11) is 0. The second-order valence-corrected chi connectivity index (χ2v) is 6.19. The minimum atomic E-state index is -0.313. The molecule has 0 heterocycles. The lowest BCUT2D eigenvalue weighted by Crippen LogP contribution is -2.26. The van der Waals surface area contributed by atoms with Gasteiger partial charge < -0.3 is 5.32 Å². The van der Waals surface area contributed by atoms with E-state index in [2.05, 4.69) is 21.2 Å². The first-order valence-corrected chi connectivity index (χ1v) is 8.08. The Hall–Kier alpha value is -2.01. The lowest BCUT2D eigenvalue weighted by molar-refractivity contribution is -0.121. The average Bonchev–Trinajstić information content (AvgIpc) is 2.54. The average molecular weight is 378 g/mol. The maximum absolute atomic E-state index is 12.9. The van der Waals surface area contributed by atoms with E-state index in [9.17, 15) is 14.0 Å². The fourth-order valence-corrected chi connectivity index (χ4v) is 2.42. The summed E-state index contributed by atoms with van der Waals surface area (Å²) in [6, 6.07) is 12.8. The molecule has 0 fully saturated rings. The van der Waals surface area contributed by atoms with Gasteiger partial charge in [0.2, 0.25) is 5.91 Å². The van der Waals surface area contributed by atoms with Crippen molar-refractivity contribution in [3.8, 4) is 0 Å². The van der Waals surface area contributed by atoms with Crippen LogP contribution in [-0.4, -0.2) is 11.7 Å². The Morgan fingerprint density at radius 2 is 1.65 bits per heavy atom. The van der Waals surface area contributed by atoms with Gasteiger partial charge in [0.15, 0.2) is 5.78 Å². The molecule has 1 atom stereocenters. The molecule has 0 bridgehead atoms. The van der Waals surface area contributed by atoms with Gasteiger partial charge in [0, 0.05) is 22.9 Å². The number of hydrogen-bond donors (Lipinski definition) is 1. The second-order valence-electron chi connectivity index (χ2n) is 5.27. The van der Waals surface area contributed by atoms with Gasteiger partial charge in [-0.3, -0.25) is 9.59 Å². The van der Waals surface area contributed by atoms with Crippen LogP contribution in [0.4, 0.5) is 4.39 Å². The van der Waals surface area contributed by atoms with Crippen LogP contribution in [0.5, 0.6) is 0 Å². The molecule has 2 aromatic rings. The molecule has 0 saturated heterocycles. The van der Waals surface area contributed by atoms with Gasteiger partial charge in [-0.2, -0.15) is 0 Å². The monoisotopic (exact) mass is 377 g/mol. The molecule has 1 unspecified atom stereocenters. The van der Waals surface area contributed by atoms with Gasteiger partial charge in [0.05, 0.1) is 6.04 Å². The van der Waals surface area contributed by atoms with Crippen LogP contribution in [0.25, 0.3) is 0 Å². The summed E-state index contributed by atoms with van der Waals surface area (Å²) >= 11 is 3.31. The largest absolute Gasteiger partial charge is 0.350 e. The van der Waals surface area contributed by atoms with Crippen LogP contribution in [0.2, 0.25) is 0 Å². The fraction of sp³-hybridized carbons (Fsp3) is 0.222. The number of carbonyl (C=O) groups is 2. The Morgan fingerprint density at radius 1 is 1.04 bits per heavy atom. The van der Waals surface area contributed by atoms with E-state index in [1.165, 1.54) is 12.1 Å². The zero-order valence-electron chi connectivity index (χ0n) is 12.7. The predicted octanol–water partition coefficient (Wildman–Crippen LogP) is 4.43. The normalized spacial score (nSPS) is 11.8. The Bertz CT molecular complexity index is 683. The van der Waals surface area contributed by atoms with Crippen molar-refractivity contribution >= 4 is 27.6 Å². The quantitative estimate of drug-likeness (QED) is 0.756. The SMILES string of the molecule is CC(NC(=O)CCC(=O)c1ccc(Br)cc1)c1ccc(F)cc1. The molecular weight excluding hydrogens is 361 g/mol. The molecule has 0 aliphatic heterocycles. The van der Waals surface area contributed by atoms with Crippen LogP contribution < -0.4 is 5.32 Å². The molecular formula is C18H17BrFNO2. The molecule has 1 amide bonds. The van der Waals surface area contributed by atoms with Gasteiger partial charge in [-0.1, -0.05) is 40.2 Å². The van der Waals surface area contributed by atoms with E-state index in [1.807, 2.05) is 6.92 Å². The maximum Gasteiger partial charge on any atom is 0.220 e. The minimum Gasteiger partial charge on any atom is -0.350 e. The highest BCUT2D eigenvalue weighted by atomic mass is 79.9. The van der Waals surface area contributed by atoms with E-state index in [4.69, 9.17) is 0 Å². The van der Waals surface area contributed by atoms with E-state index < -0.39 is 0 Å². The van der Waals surface area contributed by atoms with Crippen LogP contribution in [0.3, 0.4) is 0 Å². The highest BCUT2D eigenvalue weighted by Gasteiger charge is 2.12. The molecule has 0 spiro atoms. The molecule has 23 heavy (non-hydrogen) atoms. The topological polar surface area (TPSA) is 46.2 Å². The highest BCUT2D eigenvalue weighted by Crippen LogP contribution is 2.15. The molecule has 2 rings (SSSR count). The van der Waals surface area contributed by atoms with E-state index in [0.29, 0.717) is 5.56 Å². The molecule has 0 aliphatic rings. The lowest BCUT2D eigenvalue weighted by atomic mass is 10.1. The van der Waals surface area contributed by atoms with Crippen molar-refractivity contribution in [2.24, 2.45) is 0 Å². The van der Waals surface area contributed by atoms with Crippen LogP contribution in [0.1, 0.15) is 41.7 Å². The molecule has 120 valence electrons. The summed E-state index contributed by atoms with van der Waals surface area (Å²) in [5, 5.41) is 2.81. The fourth-order valence-electron chi connectivity index (χ4n) is 2.16. The Morgan fingerprint density at radius 3 is 2.26 bits per heavy atom. The summed E-state index contributed by atoms with van der Waals surface area (Å²) in [4.78, 5) is 24.0. The minimum absolute atomic E-state index is 0.0675. The number of amides is 1. The van der Waals surface area contributed by atoms with Crippen LogP contribution in [0.15, 0.2) is 53.0 Å². The van der Waals surface area contributed by atoms with Gasteiger partial charge >= 0.3 is 0 Å². The van der Waals surface area contributed by atoms with Gasteiger partial charge in [-0.25, -0.2) is 4.39 Å². The number of benzene rings is 2. The number of ketones is 1. The first-order chi connectivity index (χ1) is 11.0. The van der Waals surface area contributed by atoms with Gasteiger partial charge in [-0.15, -0.1) is 0 Å². The molecule has 0 aromatic heterocycles. The van der Waals surface area contributed by atoms with Crippen molar-refractivity contribution in [3.05, 3.63) is 69.9 Å². The summed E-state index contributed by atoms with van der Waals surface area (Å²) < 4.78 is 13.8. The van der Waals surface area contributed by atoms with Crippen LogP contribution in [0, 0.1) is 5.82 Å². The third-order valence-corrected chi connectivity index (χ3v) is 4.02. The number of nitrogens with one attached hydrogen (secondary N) is 1. The Balaban J connectivity index is 1.83. The van der Waals surface area contributed by atoms with Crippen molar-refractivity contribution < 1.29 is 14.0 Å². The molecule has 1 N–H and O–H groups in total. The van der Waals surface area contributed by atoms with E-state index in [0.717, 1.165) is 10.0 Å². The molecule has 5 heteroatoms. The third kappa shape index (κ3) is 5.28. The summed E-state index contributed by atoms with van der Waals surface area (Å²) in [5.74, 6) is -0.582. The number of rotatable bonds is 6. The summed E-state index contributed by atoms with van der Waals surface area (Å²) in [6.07, 6.45) is 0.282. The number of hydrogen-bond acceptors (Lipinski definition) is 2. The first-order valence-electron chi connectivity index (χ1n) is 7.29. The zero-order valence-corrected chi connectivity index (χ0v) is 14.3. The van der Waals surface area contributed by atoms with Crippen molar-refractivity contribution in [1.82, 2.24) is 5.32 Å². The van der Waals surface area contributed by atoms with Crippen molar-refractivity contribution in [1.29, 1.82) is 0 Å². The summed E-state index contributed by atoms with van der Waals surface area (Å²) in [6.45, 7) is 1.82. The maximum atomic E-state index is 12.9. The van der Waals surface area contributed by atoms with Crippen LogP contribution >= 0.6 is 15.9 Å². The third-order valence-electron chi connectivity index (χ3n) is 3.49. The smallest absolute Gasteiger partial charge is 0.220 e. The Kier molecular flexibility index (Phi) is 6.04. The van der Waals surface area contributed by atoms with Crippen LogP contribution in [-0.2, 0) is 4.79 Å². The molecule has 0 saturated carbocycles. The predicted molar refractivity (Wildman–Crippen MR) is 90.7 cm³/mol. The molecule has 0 radical (unpaired) electrons. The van der Waals surface area contributed by atoms with Crippen molar-refractivity contribution in [3.63, 3.8) is 0 Å². The van der Waals surface area contributed by atoms with Gasteiger partial charge in [0.1, 0.15) is 5.82 Å². The van der Waals surface area contributed by atoms with Crippen molar-refractivity contribution in [2.75, 3.05) is 0 Å². The first kappa shape index (κ1) is 17.3.